The molecule has 3 rings (SSSR count). The summed E-state index contributed by atoms with van der Waals surface area (Å²) in [5.74, 6) is 0.0728. The van der Waals surface area contributed by atoms with Gasteiger partial charge in [-0.1, -0.05) is 65.0 Å². The lowest BCUT2D eigenvalue weighted by atomic mass is 9.73. The van der Waals surface area contributed by atoms with Gasteiger partial charge in [-0.05, 0) is 5.41 Å². The third kappa shape index (κ3) is 2.54. The minimum absolute atomic E-state index is 0.130. The van der Waals surface area contributed by atoms with E-state index < -0.39 is 11.1 Å². The maximum atomic E-state index is 12.8. The Bertz CT molecular complexity index is 725. The molecule has 0 fully saturated rings. The van der Waals surface area contributed by atoms with Crippen molar-refractivity contribution in [3.63, 3.8) is 0 Å². The summed E-state index contributed by atoms with van der Waals surface area (Å²) in [5, 5.41) is 3.00. The van der Waals surface area contributed by atoms with E-state index in [9.17, 15) is 9.59 Å². The van der Waals surface area contributed by atoms with E-state index >= 15 is 0 Å². The molecule has 1 heterocycles. The van der Waals surface area contributed by atoms with E-state index in [4.69, 9.17) is 4.74 Å². The summed E-state index contributed by atoms with van der Waals surface area (Å²) in [6.07, 6.45) is 0.961. The Morgan fingerprint density at radius 1 is 1.04 bits per heavy atom. The first-order chi connectivity index (χ1) is 11.1. The van der Waals surface area contributed by atoms with E-state index in [1.165, 1.54) is 0 Å². The van der Waals surface area contributed by atoms with Crippen LogP contribution in [0.1, 0.15) is 53.0 Å². The van der Waals surface area contributed by atoms with Crippen molar-refractivity contribution >= 4 is 11.7 Å². The summed E-state index contributed by atoms with van der Waals surface area (Å²) >= 11 is 0. The van der Waals surface area contributed by atoms with Gasteiger partial charge in [-0.3, -0.25) is 9.59 Å². The van der Waals surface area contributed by atoms with Gasteiger partial charge in [0.1, 0.15) is 11.3 Å². The highest BCUT2D eigenvalue weighted by molar-refractivity contribution is 6.20. The highest BCUT2D eigenvalue weighted by atomic mass is 16.5. The Balaban J connectivity index is 2.16. The zero-order valence-corrected chi connectivity index (χ0v) is 15.0. The smallest absolute Gasteiger partial charge is 0.261 e. The van der Waals surface area contributed by atoms with Crippen LogP contribution in [0, 0.1) is 10.8 Å². The van der Waals surface area contributed by atoms with Gasteiger partial charge in [-0.2, -0.15) is 0 Å². The summed E-state index contributed by atoms with van der Waals surface area (Å²) in [5.41, 5.74) is -0.503. The number of allylic oxidation sites excluding steroid dienone is 1. The summed E-state index contributed by atoms with van der Waals surface area (Å²) in [4.78, 5) is 25.3. The molecule has 2 aliphatic rings. The molecule has 0 aromatic heterocycles. The number of carbonyl (C=O) groups excluding carboxylic acids is 2. The molecule has 1 aliphatic carbocycles. The first-order valence-corrected chi connectivity index (χ1v) is 8.39. The molecule has 0 saturated carbocycles. The summed E-state index contributed by atoms with van der Waals surface area (Å²) in [7, 11) is 0. The molecule has 1 aliphatic heterocycles. The fraction of sp³-hybridized carbons (Fsp3) is 0.500. The maximum Gasteiger partial charge on any atom is 0.261 e. The second kappa shape index (κ2) is 5.20. The zero-order valence-electron chi connectivity index (χ0n) is 15.0. The largest absolute Gasteiger partial charge is 0.467 e. The number of amides is 1. The van der Waals surface area contributed by atoms with Crippen molar-refractivity contribution in [3.8, 4) is 0 Å². The SMILES string of the molecule is CC1(C)CC(=O)C2=C(C1)OC(c1ccccc1)(C(C)(C)C)NC2=O. The second-order valence-corrected chi connectivity index (χ2v) is 8.59. The van der Waals surface area contributed by atoms with Crippen LogP contribution >= 0.6 is 0 Å². The average molecular weight is 327 g/mol. The van der Waals surface area contributed by atoms with Gasteiger partial charge >= 0.3 is 0 Å². The molecule has 1 atom stereocenters. The number of hydrogen-bond acceptors (Lipinski definition) is 3. The van der Waals surface area contributed by atoms with Crippen molar-refractivity contribution in [3.05, 3.63) is 47.2 Å². The van der Waals surface area contributed by atoms with Gasteiger partial charge in [0.15, 0.2) is 5.78 Å². The molecule has 128 valence electrons. The lowest BCUT2D eigenvalue weighted by molar-refractivity contribution is -0.159. The van der Waals surface area contributed by atoms with E-state index in [-0.39, 0.29) is 22.7 Å². The molecular weight excluding hydrogens is 302 g/mol. The Labute approximate surface area is 143 Å². The summed E-state index contributed by atoms with van der Waals surface area (Å²) < 4.78 is 6.43. The molecule has 1 aromatic carbocycles. The predicted molar refractivity (Wildman–Crippen MR) is 91.9 cm³/mol. The van der Waals surface area contributed by atoms with Crippen LogP contribution in [0.25, 0.3) is 0 Å². The molecule has 4 heteroatoms. The van der Waals surface area contributed by atoms with Crippen molar-refractivity contribution < 1.29 is 14.3 Å². The lowest BCUT2D eigenvalue weighted by Gasteiger charge is -2.50. The molecule has 1 aromatic rings. The minimum atomic E-state index is -0.988. The molecule has 0 radical (unpaired) electrons. The molecule has 24 heavy (non-hydrogen) atoms. The van der Waals surface area contributed by atoms with Crippen LogP contribution in [0.4, 0.5) is 0 Å². The number of Topliss-reactive ketones (excluding diaryl/α,β-unsaturated/α-hetero) is 1. The van der Waals surface area contributed by atoms with Gasteiger partial charge in [-0.15, -0.1) is 0 Å². The highest BCUT2D eigenvalue weighted by Gasteiger charge is 2.53. The van der Waals surface area contributed by atoms with Crippen LogP contribution < -0.4 is 5.32 Å². The van der Waals surface area contributed by atoms with E-state index in [0.29, 0.717) is 18.6 Å². The number of ketones is 1. The van der Waals surface area contributed by atoms with Gasteiger partial charge < -0.3 is 10.1 Å². The quantitative estimate of drug-likeness (QED) is 0.801. The van der Waals surface area contributed by atoms with Crippen molar-refractivity contribution in [2.45, 2.75) is 53.2 Å². The van der Waals surface area contributed by atoms with Gasteiger partial charge in [0.25, 0.3) is 5.91 Å². The van der Waals surface area contributed by atoms with Crippen LogP contribution in [0.3, 0.4) is 0 Å². The predicted octanol–water partition coefficient (Wildman–Crippen LogP) is 3.68. The van der Waals surface area contributed by atoms with Crippen LogP contribution in [-0.4, -0.2) is 11.7 Å². The molecular formula is C20H25NO3. The molecule has 0 saturated heterocycles. The number of carbonyl (C=O) groups is 2. The molecule has 0 bridgehead atoms. The standard InChI is InChI=1S/C20H25NO3/c1-18(2,3)20(13-9-7-6-8-10-13)21-17(23)16-14(22)11-19(4,5)12-15(16)24-20/h6-10H,11-12H2,1-5H3,(H,21,23). The number of nitrogens with one attached hydrogen (secondary N) is 1. The number of ether oxygens (including phenoxy) is 1. The maximum absolute atomic E-state index is 12.8. The topological polar surface area (TPSA) is 55.4 Å². The van der Waals surface area contributed by atoms with E-state index in [2.05, 4.69) is 5.32 Å². The third-order valence-electron chi connectivity index (χ3n) is 4.87. The monoisotopic (exact) mass is 327 g/mol. The van der Waals surface area contributed by atoms with E-state index in [1.54, 1.807) is 0 Å². The van der Waals surface area contributed by atoms with Crippen molar-refractivity contribution in [1.29, 1.82) is 0 Å². The average Bonchev–Trinajstić information content (AvgIpc) is 2.44. The van der Waals surface area contributed by atoms with Gasteiger partial charge in [-0.25, -0.2) is 0 Å². The van der Waals surface area contributed by atoms with E-state index in [0.717, 1.165) is 5.56 Å². The minimum Gasteiger partial charge on any atom is -0.467 e. The second-order valence-electron chi connectivity index (χ2n) is 8.59. The first kappa shape index (κ1) is 16.7. The molecule has 1 N–H and O–H groups in total. The number of rotatable bonds is 1. The zero-order chi connectivity index (χ0) is 17.8. The normalized spacial score (nSPS) is 26.5. The molecule has 4 nitrogen and oxygen atoms in total. The Morgan fingerprint density at radius 3 is 2.25 bits per heavy atom. The fourth-order valence-corrected chi connectivity index (χ4v) is 3.61. The van der Waals surface area contributed by atoms with Crippen molar-refractivity contribution in [2.24, 2.45) is 10.8 Å². The van der Waals surface area contributed by atoms with Crippen molar-refractivity contribution in [1.82, 2.24) is 5.32 Å². The molecule has 1 unspecified atom stereocenters. The lowest BCUT2D eigenvalue weighted by Crippen LogP contribution is -2.60. The van der Waals surface area contributed by atoms with Crippen LogP contribution in [-0.2, 0) is 20.1 Å². The third-order valence-corrected chi connectivity index (χ3v) is 4.87. The van der Waals surface area contributed by atoms with Gasteiger partial charge in [0.05, 0.1) is 0 Å². The Morgan fingerprint density at radius 2 is 1.67 bits per heavy atom. The number of benzene rings is 1. The van der Waals surface area contributed by atoms with E-state index in [1.807, 2.05) is 65.0 Å². The van der Waals surface area contributed by atoms with Crippen LogP contribution in [0.2, 0.25) is 0 Å². The fourth-order valence-electron chi connectivity index (χ4n) is 3.61. The summed E-state index contributed by atoms with van der Waals surface area (Å²) in [6.45, 7) is 10.2. The Hall–Kier alpha value is -2.10. The van der Waals surface area contributed by atoms with Gasteiger partial charge in [0, 0.05) is 23.8 Å². The highest BCUT2D eigenvalue weighted by Crippen LogP contribution is 2.48. The van der Waals surface area contributed by atoms with Crippen LogP contribution in [0.15, 0.2) is 41.7 Å². The van der Waals surface area contributed by atoms with Crippen molar-refractivity contribution in [2.75, 3.05) is 0 Å². The Kier molecular flexibility index (Phi) is 3.63. The molecule has 1 amide bonds. The van der Waals surface area contributed by atoms with Crippen LogP contribution in [0.5, 0.6) is 0 Å². The first-order valence-electron chi connectivity index (χ1n) is 8.39. The summed E-state index contributed by atoms with van der Waals surface area (Å²) in [6, 6.07) is 9.69. The number of hydrogen-bond donors (Lipinski definition) is 1. The van der Waals surface area contributed by atoms with Gasteiger partial charge in [0.2, 0.25) is 5.72 Å². The molecule has 0 spiro atoms.